The molecule has 5 aliphatic rings. The third-order valence-electron chi connectivity index (χ3n) is 12.4. The highest BCUT2D eigenvalue weighted by Crippen LogP contribution is 2.43. The second kappa shape index (κ2) is 21.9. The Morgan fingerprint density at radius 1 is 0.746 bits per heavy atom. The molecule has 0 radical (unpaired) electrons. The van der Waals surface area contributed by atoms with Crippen molar-refractivity contribution >= 4 is 65.3 Å². The number of carbonyl (C=O) groups is 3. The summed E-state index contributed by atoms with van der Waals surface area (Å²) in [7, 11) is -11.5. The van der Waals surface area contributed by atoms with E-state index < -0.39 is 77.2 Å². The minimum Gasteiger partial charge on any atom is -0.469 e. The zero-order valence-electron chi connectivity index (χ0n) is 38.7. The number of hydrogen-bond acceptors (Lipinski definition) is 15. The highest BCUT2D eigenvalue weighted by molar-refractivity contribution is 7.86. The number of rotatable bonds is 20. The van der Waals surface area contributed by atoms with Crippen LogP contribution < -0.4 is 21.3 Å². The molecule has 0 aromatic heterocycles. The van der Waals surface area contributed by atoms with Crippen LogP contribution in [-0.4, -0.2) is 118 Å². The van der Waals surface area contributed by atoms with Gasteiger partial charge in [0, 0.05) is 83.7 Å². The van der Waals surface area contributed by atoms with Crippen molar-refractivity contribution in [1.29, 1.82) is 0 Å². The summed E-state index contributed by atoms with van der Waals surface area (Å²) in [6.07, 6.45) is 6.17. The largest absolute Gasteiger partial charge is 0.469 e. The van der Waals surface area contributed by atoms with E-state index in [-0.39, 0.29) is 86.8 Å². The first-order valence-electron chi connectivity index (χ1n) is 22.1. The molecule has 0 aromatic rings. The van der Waals surface area contributed by atoms with Gasteiger partial charge in [0.15, 0.2) is 0 Å². The molecule has 8 bridgehead atoms. The molecule has 5 heterocycles. The topological polar surface area (TPSA) is 309 Å². The molecule has 67 heavy (non-hydrogen) atoms. The van der Waals surface area contributed by atoms with Crippen LogP contribution in [0.15, 0.2) is 95.3 Å². The second-order valence-electron chi connectivity index (χ2n) is 17.2. The van der Waals surface area contributed by atoms with E-state index in [2.05, 4.69) is 35.1 Å². The lowest BCUT2D eigenvalue weighted by Crippen LogP contribution is -2.30. The number of methoxy groups -OCH3 is 1. The van der Waals surface area contributed by atoms with Gasteiger partial charge in [-0.25, -0.2) is 9.98 Å². The number of nitrogens with one attached hydrogen (secondary N) is 4. The lowest BCUT2D eigenvalue weighted by atomic mass is 9.82. The molecule has 4 atom stereocenters. The number of carbonyl (C=O) groups excluding carboxylic acids is 3. The molecule has 368 valence electrons. The van der Waals surface area contributed by atoms with Crippen molar-refractivity contribution < 1.29 is 58.0 Å². The van der Waals surface area contributed by atoms with Crippen LogP contribution in [0.3, 0.4) is 0 Å². The molecule has 1 fully saturated rings. The summed E-state index contributed by atoms with van der Waals surface area (Å²) >= 11 is 0. The quantitative estimate of drug-likeness (QED) is 0.0520. The number of aliphatic imine (C=N–C) groups is 3. The average Bonchev–Trinajstić information content (AvgIpc) is 3.92. The van der Waals surface area contributed by atoms with Gasteiger partial charge < -0.3 is 26.0 Å². The average molecular weight is 992 g/mol. The van der Waals surface area contributed by atoms with Crippen LogP contribution in [0.25, 0.3) is 0 Å². The first kappa shape index (κ1) is 52.9. The monoisotopic (exact) mass is 991 g/mol. The predicted molar refractivity (Wildman–Crippen MR) is 253 cm³/mol. The molecule has 0 saturated carbocycles. The molecule has 23 heteroatoms. The molecule has 0 spiro atoms. The summed E-state index contributed by atoms with van der Waals surface area (Å²) in [5.41, 5.74) is 7.37. The number of nitrogens with zero attached hydrogens (tertiary/aromatic N) is 3. The Morgan fingerprint density at radius 3 is 1.91 bits per heavy atom. The summed E-state index contributed by atoms with van der Waals surface area (Å²) < 4.78 is 101. The number of allylic oxidation sites excluding steroid dienone is 10. The first-order chi connectivity index (χ1) is 31.3. The number of ether oxygens (including phenoxy) is 1. The zero-order chi connectivity index (χ0) is 49.6. The molecule has 0 aliphatic carbocycles. The summed E-state index contributed by atoms with van der Waals surface area (Å²) in [4.78, 5) is 56.3. The van der Waals surface area contributed by atoms with Crippen LogP contribution in [0.5, 0.6) is 0 Å². The van der Waals surface area contributed by atoms with Crippen molar-refractivity contribution in [2.75, 3.05) is 44.0 Å². The summed E-state index contributed by atoms with van der Waals surface area (Å²) in [5.74, 6) is -4.27. The predicted octanol–water partition coefficient (Wildman–Crippen LogP) is 3.65. The van der Waals surface area contributed by atoms with E-state index in [0.717, 1.165) is 22.5 Å². The van der Waals surface area contributed by atoms with Gasteiger partial charge >= 0.3 is 5.97 Å². The minimum absolute atomic E-state index is 0.0104. The van der Waals surface area contributed by atoms with Gasteiger partial charge in [0.25, 0.3) is 36.3 Å². The van der Waals surface area contributed by atoms with E-state index in [0.29, 0.717) is 46.2 Å². The molecular weight excluding hydrogens is 931 g/mol. The summed E-state index contributed by atoms with van der Waals surface area (Å²) in [5, 5.41) is 12.3. The van der Waals surface area contributed by atoms with E-state index in [1.165, 1.54) is 7.11 Å². The van der Waals surface area contributed by atoms with Crippen molar-refractivity contribution in [3.63, 3.8) is 0 Å². The normalized spacial score (nSPS) is 22.7. The molecule has 2 amide bonds. The Bertz CT molecular complexity index is 2720. The molecule has 5 aliphatic heterocycles. The van der Waals surface area contributed by atoms with Gasteiger partial charge in [-0.2, -0.15) is 25.3 Å². The van der Waals surface area contributed by atoms with Crippen molar-refractivity contribution in [1.82, 2.24) is 21.3 Å². The van der Waals surface area contributed by atoms with Gasteiger partial charge in [0.2, 0.25) is 5.91 Å². The Balaban J connectivity index is 1.73. The Labute approximate surface area is 392 Å². The molecule has 0 aromatic carbocycles. The third kappa shape index (κ3) is 13.8. The maximum Gasteiger partial charge on any atom is 0.310 e. The Kier molecular flexibility index (Phi) is 17.3. The number of esters is 1. The van der Waals surface area contributed by atoms with Gasteiger partial charge in [0.1, 0.15) is 0 Å². The standard InChI is InChI=1S/C44H61N7O13S3/c1-8-29-24(2)32-23-37-40(28(6)45-14-9-17-65(55,56)57)26(4)34(49-37)21-33-25(3)30(12-13-38(52)46-15-10-18-66(58,59)60)42(50-33)31(20-39(53)64-7)43-41(27(5)35(51-43)22-36(29)48-32)44(54)47-16-11-19-67(61,62)63/h21-25,29-30,45,48H,8-20H2,1-7H3,(H,46,52)(H,47,54)(H,55,56,57)(H,58,59,60)(H,61,62,63)/t24-,25+,29-,30+/m1/s1. The Morgan fingerprint density at radius 2 is 1.33 bits per heavy atom. The Hall–Kier alpha value is -5.07. The highest BCUT2D eigenvalue weighted by Gasteiger charge is 2.40. The van der Waals surface area contributed by atoms with Gasteiger partial charge in [-0.3, -0.25) is 33.0 Å². The van der Waals surface area contributed by atoms with Crippen LogP contribution in [0, 0.1) is 23.7 Å². The van der Waals surface area contributed by atoms with Crippen LogP contribution >= 0.6 is 0 Å². The van der Waals surface area contributed by atoms with Crippen LogP contribution in [-0.2, 0) is 49.5 Å². The molecule has 5 rings (SSSR count). The van der Waals surface area contributed by atoms with Gasteiger partial charge in [-0.15, -0.1) is 0 Å². The van der Waals surface area contributed by atoms with Crippen LogP contribution in [0.1, 0.15) is 86.5 Å². The van der Waals surface area contributed by atoms with Gasteiger partial charge in [-0.05, 0) is 82.2 Å². The van der Waals surface area contributed by atoms with Crippen molar-refractivity contribution in [3.05, 3.63) is 80.3 Å². The van der Waals surface area contributed by atoms with E-state index in [1.807, 2.05) is 39.0 Å². The van der Waals surface area contributed by atoms with Gasteiger partial charge in [-0.1, -0.05) is 20.8 Å². The molecule has 20 nitrogen and oxygen atoms in total. The first-order valence-corrected chi connectivity index (χ1v) is 26.9. The van der Waals surface area contributed by atoms with E-state index in [1.54, 1.807) is 6.92 Å². The fourth-order valence-corrected chi connectivity index (χ4v) is 10.4. The maximum atomic E-state index is 14.3. The van der Waals surface area contributed by atoms with Crippen molar-refractivity contribution in [3.8, 4) is 0 Å². The number of fused-ring (bicyclic) bond motifs is 5. The van der Waals surface area contributed by atoms with Crippen LogP contribution in [0.2, 0.25) is 0 Å². The van der Waals surface area contributed by atoms with E-state index in [9.17, 15) is 48.7 Å². The second-order valence-corrected chi connectivity index (χ2v) is 21.9. The third-order valence-corrected chi connectivity index (χ3v) is 14.8. The molecule has 0 unspecified atom stereocenters. The lowest BCUT2D eigenvalue weighted by Gasteiger charge is -2.21. The van der Waals surface area contributed by atoms with E-state index in [4.69, 9.17) is 24.3 Å². The van der Waals surface area contributed by atoms with E-state index >= 15 is 0 Å². The summed E-state index contributed by atoms with van der Waals surface area (Å²) in [6.45, 7) is 11.7. The maximum absolute atomic E-state index is 14.3. The zero-order valence-corrected chi connectivity index (χ0v) is 41.2. The fraction of sp³-hybridized carbons (Fsp3) is 0.545. The number of hydrogen-bond donors (Lipinski definition) is 7. The minimum atomic E-state index is -4.30. The molecule has 7 N–H and O–H groups in total. The van der Waals surface area contributed by atoms with Crippen molar-refractivity contribution in [2.24, 2.45) is 38.6 Å². The fourth-order valence-electron chi connectivity index (χ4n) is 8.83. The molecule has 1 saturated heterocycles. The number of amides is 2. The van der Waals surface area contributed by atoms with Crippen LogP contribution in [0.4, 0.5) is 0 Å². The summed E-state index contributed by atoms with van der Waals surface area (Å²) in [6, 6.07) is 0. The lowest BCUT2D eigenvalue weighted by molar-refractivity contribution is -0.139. The van der Waals surface area contributed by atoms with Gasteiger partial charge in [0.05, 0.1) is 64.9 Å². The van der Waals surface area contributed by atoms with Crippen molar-refractivity contribution in [2.45, 2.75) is 86.5 Å². The molecular formula is C44H61N7O13S3. The smallest absolute Gasteiger partial charge is 0.310 e. The SMILES string of the molecule is CC[C@H]1C2=CC3=NC(=C(CC(=O)OC)C4=NC(=CC5=C(C)C(=C(C)NCCCS(=O)(=O)O)C(=N5)C=C(N2)[C@@H]1C)[C@@H](C)[C@@H]4CCC(=O)NCCCS(=O)(=O)O)C(C(=O)NCCCS(=O)(=O)O)=C3C. The highest BCUT2D eigenvalue weighted by atomic mass is 32.2.